The molecular weight excluding hydrogens is 228 g/mol. The third-order valence-corrected chi connectivity index (χ3v) is 3.47. The van der Waals surface area contributed by atoms with E-state index in [9.17, 15) is 4.79 Å². The first-order valence-corrected chi connectivity index (χ1v) is 5.82. The Morgan fingerprint density at radius 2 is 2.19 bits per heavy atom. The van der Waals surface area contributed by atoms with Gasteiger partial charge in [-0.25, -0.2) is 0 Å². The number of hydrogen-bond acceptors (Lipinski definition) is 3. The van der Waals surface area contributed by atoms with Crippen LogP contribution in [-0.4, -0.2) is 42.6 Å². The molecule has 0 radical (unpaired) electrons. The van der Waals surface area contributed by atoms with Crippen LogP contribution in [0.25, 0.3) is 0 Å². The van der Waals surface area contributed by atoms with E-state index in [1.165, 1.54) is 0 Å². The zero-order valence-electron chi connectivity index (χ0n) is 9.72. The number of hydrogen-bond donors (Lipinski definition) is 1. The molecule has 1 heterocycles. The van der Waals surface area contributed by atoms with E-state index >= 15 is 0 Å². The van der Waals surface area contributed by atoms with Crippen molar-refractivity contribution >= 4 is 18.3 Å². The van der Waals surface area contributed by atoms with E-state index in [1.807, 2.05) is 11.8 Å². The highest BCUT2D eigenvalue weighted by Crippen LogP contribution is 2.27. The molecule has 3 atom stereocenters. The Kier molecular flexibility index (Phi) is 5.02. The fourth-order valence-electron chi connectivity index (χ4n) is 2.53. The number of ether oxygens (including phenoxy) is 1. The van der Waals surface area contributed by atoms with Crippen LogP contribution in [0.3, 0.4) is 0 Å². The first kappa shape index (κ1) is 13.7. The summed E-state index contributed by atoms with van der Waals surface area (Å²) >= 11 is 0. The van der Waals surface area contributed by atoms with Gasteiger partial charge in [0.25, 0.3) is 0 Å². The third-order valence-electron chi connectivity index (χ3n) is 3.47. The summed E-state index contributed by atoms with van der Waals surface area (Å²) in [6, 6.07) is 0.457. The van der Waals surface area contributed by atoms with Crippen LogP contribution < -0.4 is 5.73 Å². The molecule has 94 valence electrons. The molecule has 2 N–H and O–H groups in total. The standard InChI is InChI=1S/C11H20N2O2.ClH/c1-8-7-15-5-4-13(8)11(14)9-2-3-10(12)6-9;/h8-10H,2-7,12H2,1H3;1H. The van der Waals surface area contributed by atoms with Crippen molar-refractivity contribution in [3.8, 4) is 0 Å². The second-order valence-electron chi connectivity index (χ2n) is 4.73. The van der Waals surface area contributed by atoms with E-state index in [2.05, 4.69) is 0 Å². The van der Waals surface area contributed by atoms with Crippen LogP contribution in [0.1, 0.15) is 26.2 Å². The Labute approximate surface area is 103 Å². The molecule has 2 rings (SSSR count). The predicted octanol–water partition coefficient (Wildman–Crippen LogP) is 0.783. The molecule has 1 saturated carbocycles. The summed E-state index contributed by atoms with van der Waals surface area (Å²) < 4.78 is 5.33. The van der Waals surface area contributed by atoms with Gasteiger partial charge in [-0.15, -0.1) is 12.4 Å². The Hall–Kier alpha value is -0.320. The summed E-state index contributed by atoms with van der Waals surface area (Å²) in [6.45, 7) is 4.14. The van der Waals surface area contributed by atoms with Gasteiger partial charge >= 0.3 is 0 Å². The largest absolute Gasteiger partial charge is 0.377 e. The highest BCUT2D eigenvalue weighted by molar-refractivity contribution is 5.85. The second kappa shape index (κ2) is 5.84. The van der Waals surface area contributed by atoms with Crippen molar-refractivity contribution in [2.45, 2.75) is 38.3 Å². The molecule has 1 aliphatic heterocycles. The zero-order valence-corrected chi connectivity index (χ0v) is 10.5. The smallest absolute Gasteiger partial charge is 0.226 e. The molecule has 3 unspecified atom stereocenters. The molecule has 0 aromatic rings. The Balaban J connectivity index is 0.00000128. The molecule has 2 aliphatic rings. The monoisotopic (exact) mass is 248 g/mol. The fourth-order valence-corrected chi connectivity index (χ4v) is 2.53. The van der Waals surface area contributed by atoms with Crippen LogP contribution in [-0.2, 0) is 9.53 Å². The minimum Gasteiger partial charge on any atom is -0.377 e. The number of amides is 1. The quantitative estimate of drug-likeness (QED) is 0.746. The van der Waals surface area contributed by atoms with Crippen LogP contribution in [0.2, 0.25) is 0 Å². The number of nitrogens with two attached hydrogens (primary N) is 1. The van der Waals surface area contributed by atoms with Crippen molar-refractivity contribution in [3.63, 3.8) is 0 Å². The number of halogens is 1. The van der Waals surface area contributed by atoms with Gasteiger partial charge in [0.15, 0.2) is 0 Å². The van der Waals surface area contributed by atoms with E-state index < -0.39 is 0 Å². The maximum absolute atomic E-state index is 12.2. The van der Waals surface area contributed by atoms with Gasteiger partial charge in [-0.2, -0.15) is 0 Å². The highest BCUT2D eigenvalue weighted by atomic mass is 35.5. The fraction of sp³-hybridized carbons (Fsp3) is 0.909. The minimum atomic E-state index is 0. The number of carbonyl (C=O) groups excluding carboxylic acids is 1. The lowest BCUT2D eigenvalue weighted by Gasteiger charge is -2.35. The molecule has 0 aromatic heterocycles. The van der Waals surface area contributed by atoms with E-state index in [-0.39, 0.29) is 30.4 Å². The molecule has 0 aromatic carbocycles. The van der Waals surface area contributed by atoms with Crippen LogP contribution in [0.15, 0.2) is 0 Å². The zero-order chi connectivity index (χ0) is 10.8. The lowest BCUT2D eigenvalue weighted by atomic mass is 10.0. The van der Waals surface area contributed by atoms with E-state index in [4.69, 9.17) is 10.5 Å². The van der Waals surface area contributed by atoms with Crippen LogP contribution in [0.5, 0.6) is 0 Å². The average molecular weight is 249 g/mol. The van der Waals surface area contributed by atoms with Gasteiger partial charge in [-0.1, -0.05) is 0 Å². The third kappa shape index (κ3) is 2.87. The van der Waals surface area contributed by atoms with Crippen molar-refractivity contribution < 1.29 is 9.53 Å². The van der Waals surface area contributed by atoms with Crippen molar-refractivity contribution in [2.24, 2.45) is 11.7 Å². The summed E-state index contributed by atoms with van der Waals surface area (Å²) in [5.74, 6) is 0.458. The van der Waals surface area contributed by atoms with Crippen LogP contribution in [0.4, 0.5) is 0 Å². The SMILES string of the molecule is CC1COCCN1C(=O)C1CCC(N)C1.Cl. The number of carbonyl (C=O) groups is 1. The average Bonchev–Trinajstić information content (AvgIpc) is 2.65. The highest BCUT2D eigenvalue weighted by Gasteiger charge is 2.33. The number of rotatable bonds is 1. The Morgan fingerprint density at radius 1 is 1.44 bits per heavy atom. The first-order chi connectivity index (χ1) is 7.18. The Bertz CT molecular complexity index is 250. The van der Waals surface area contributed by atoms with Gasteiger partial charge in [0.1, 0.15) is 0 Å². The molecular formula is C11H21ClN2O2. The van der Waals surface area contributed by atoms with Crippen molar-refractivity contribution in [2.75, 3.05) is 19.8 Å². The molecule has 5 heteroatoms. The summed E-state index contributed by atoms with van der Waals surface area (Å²) in [5, 5.41) is 0. The molecule has 1 aliphatic carbocycles. The van der Waals surface area contributed by atoms with Gasteiger partial charge < -0.3 is 15.4 Å². The summed E-state index contributed by atoms with van der Waals surface area (Å²) in [4.78, 5) is 14.1. The molecule has 1 saturated heterocycles. The number of morpholine rings is 1. The van der Waals surface area contributed by atoms with Crippen LogP contribution in [0, 0.1) is 5.92 Å². The summed E-state index contributed by atoms with van der Waals surface area (Å²) in [5.41, 5.74) is 5.83. The van der Waals surface area contributed by atoms with E-state index in [1.54, 1.807) is 0 Å². The van der Waals surface area contributed by atoms with Gasteiger partial charge in [-0.3, -0.25) is 4.79 Å². The molecule has 4 nitrogen and oxygen atoms in total. The normalized spacial score (nSPS) is 34.6. The summed E-state index contributed by atoms with van der Waals surface area (Å²) in [6.07, 6.45) is 2.82. The predicted molar refractivity (Wildman–Crippen MR) is 64.6 cm³/mol. The van der Waals surface area contributed by atoms with Gasteiger partial charge in [0, 0.05) is 18.5 Å². The van der Waals surface area contributed by atoms with Gasteiger partial charge in [0.05, 0.1) is 19.3 Å². The minimum absolute atomic E-state index is 0. The lowest BCUT2D eigenvalue weighted by Crippen LogP contribution is -2.49. The Morgan fingerprint density at radius 3 is 2.75 bits per heavy atom. The lowest BCUT2D eigenvalue weighted by molar-refractivity contribution is -0.143. The topological polar surface area (TPSA) is 55.6 Å². The molecule has 0 spiro atoms. The summed E-state index contributed by atoms with van der Waals surface area (Å²) in [7, 11) is 0. The van der Waals surface area contributed by atoms with E-state index in [0.717, 1.165) is 25.8 Å². The van der Waals surface area contributed by atoms with Crippen molar-refractivity contribution in [1.82, 2.24) is 4.90 Å². The molecule has 2 fully saturated rings. The van der Waals surface area contributed by atoms with Gasteiger partial charge in [0.2, 0.25) is 5.91 Å². The van der Waals surface area contributed by atoms with Crippen molar-refractivity contribution in [3.05, 3.63) is 0 Å². The first-order valence-electron chi connectivity index (χ1n) is 5.82. The molecule has 16 heavy (non-hydrogen) atoms. The van der Waals surface area contributed by atoms with Gasteiger partial charge in [-0.05, 0) is 26.2 Å². The maximum Gasteiger partial charge on any atom is 0.226 e. The molecule has 0 bridgehead atoms. The maximum atomic E-state index is 12.2. The molecule has 1 amide bonds. The van der Waals surface area contributed by atoms with E-state index in [0.29, 0.717) is 19.1 Å². The van der Waals surface area contributed by atoms with Crippen molar-refractivity contribution in [1.29, 1.82) is 0 Å². The van der Waals surface area contributed by atoms with Crippen LogP contribution >= 0.6 is 12.4 Å². The number of nitrogens with zero attached hydrogens (tertiary/aromatic N) is 1. The second-order valence-corrected chi connectivity index (χ2v) is 4.73.